The summed E-state index contributed by atoms with van der Waals surface area (Å²) in [6.07, 6.45) is 3.35. The highest BCUT2D eigenvalue weighted by Gasteiger charge is 2.31. The number of nitro groups is 1. The lowest BCUT2D eigenvalue weighted by molar-refractivity contribution is -0.553. The Morgan fingerprint density at radius 2 is 1.72 bits per heavy atom. The molecule has 8 heteroatoms. The van der Waals surface area contributed by atoms with E-state index in [4.69, 9.17) is 0 Å². The van der Waals surface area contributed by atoms with Gasteiger partial charge in [0.05, 0.1) is 29.0 Å². The van der Waals surface area contributed by atoms with E-state index in [0.29, 0.717) is 5.56 Å². The second kappa shape index (κ2) is 8.74. The molecular formula is C24H22IN5O2. The Morgan fingerprint density at radius 1 is 1.03 bits per heavy atom. The fourth-order valence-corrected chi connectivity index (χ4v) is 4.70. The molecule has 162 valence electrons. The van der Waals surface area contributed by atoms with E-state index in [-0.39, 0.29) is 34.6 Å². The normalized spacial score (nSPS) is 13.7. The van der Waals surface area contributed by atoms with Crippen molar-refractivity contribution in [3.8, 4) is 11.8 Å². The van der Waals surface area contributed by atoms with Gasteiger partial charge in [0.1, 0.15) is 17.3 Å². The Kier molecular flexibility index (Phi) is 6.02. The summed E-state index contributed by atoms with van der Waals surface area (Å²) in [7, 11) is 2.01. The highest BCUT2D eigenvalue weighted by atomic mass is 127. The van der Waals surface area contributed by atoms with E-state index >= 15 is 0 Å². The van der Waals surface area contributed by atoms with Gasteiger partial charge in [-0.3, -0.25) is 15.0 Å². The van der Waals surface area contributed by atoms with Crippen molar-refractivity contribution in [1.82, 2.24) is 4.57 Å². The number of nitro benzene ring substituents is 1. The monoisotopic (exact) mass is 539 g/mol. The van der Waals surface area contributed by atoms with Crippen LogP contribution in [-0.4, -0.2) is 22.6 Å². The van der Waals surface area contributed by atoms with Gasteiger partial charge in [-0.05, 0) is 49.6 Å². The fraction of sp³-hybridized carbons (Fsp3) is 0.250. The summed E-state index contributed by atoms with van der Waals surface area (Å²) >= 11 is 0. The molecule has 32 heavy (non-hydrogen) atoms. The number of hydrogen-bond acceptors (Lipinski definition) is 4. The highest BCUT2D eigenvalue weighted by molar-refractivity contribution is 6.04. The van der Waals surface area contributed by atoms with Crippen LogP contribution >= 0.6 is 0 Å². The van der Waals surface area contributed by atoms with Crippen LogP contribution in [0.2, 0.25) is 0 Å². The van der Waals surface area contributed by atoms with Crippen LogP contribution in [0.4, 0.5) is 11.5 Å². The number of piperidine rings is 1. The number of aromatic nitrogens is 2. The fourth-order valence-electron chi connectivity index (χ4n) is 4.70. The third-order valence-corrected chi connectivity index (χ3v) is 6.18. The van der Waals surface area contributed by atoms with Crippen molar-refractivity contribution in [3.63, 3.8) is 0 Å². The number of aryl methyl sites for hydroxylation is 1. The minimum Gasteiger partial charge on any atom is -1.00 e. The summed E-state index contributed by atoms with van der Waals surface area (Å²) in [4.78, 5) is 13.1. The Hall–Kier alpha value is -3.19. The van der Waals surface area contributed by atoms with Gasteiger partial charge in [0, 0.05) is 24.6 Å². The first-order valence-electron chi connectivity index (χ1n) is 10.5. The molecule has 0 spiro atoms. The van der Waals surface area contributed by atoms with Gasteiger partial charge >= 0.3 is 5.82 Å². The maximum absolute atomic E-state index is 11.2. The molecule has 2 aromatic carbocycles. The van der Waals surface area contributed by atoms with E-state index in [1.807, 2.05) is 25.2 Å². The smallest absolute Gasteiger partial charge is 0.300 e. The van der Waals surface area contributed by atoms with Crippen LogP contribution in [0.25, 0.3) is 27.6 Å². The topological polar surface area (TPSA) is 79.0 Å². The van der Waals surface area contributed by atoms with Crippen LogP contribution in [-0.2, 0) is 7.05 Å². The Bertz CT molecular complexity index is 1370. The van der Waals surface area contributed by atoms with E-state index in [2.05, 4.69) is 32.2 Å². The van der Waals surface area contributed by atoms with Gasteiger partial charge in [-0.1, -0.05) is 12.1 Å². The molecule has 1 saturated heterocycles. The maximum Gasteiger partial charge on any atom is 0.300 e. The van der Waals surface area contributed by atoms with Crippen LogP contribution < -0.4 is 33.4 Å². The van der Waals surface area contributed by atoms with Gasteiger partial charge in [-0.15, -0.1) is 0 Å². The van der Waals surface area contributed by atoms with E-state index < -0.39 is 0 Å². The van der Waals surface area contributed by atoms with Gasteiger partial charge in [0.2, 0.25) is 0 Å². The van der Waals surface area contributed by atoms with Crippen LogP contribution in [0.15, 0.2) is 54.6 Å². The zero-order valence-corrected chi connectivity index (χ0v) is 19.8. The molecule has 1 fully saturated rings. The standard InChI is InChI=1S/C24H22N5O2.HI/c1-26-21-8-4-3-7-20(21)23-22(26)15-17(16-25)24(27-13-5-2-6-14-27)28(23)18-9-11-19(12-10-18)29(30)31;/h3-4,7-12,15H,2,5-6,13-14H2,1H3;1H/q+1;/p-1. The van der Waals surface area contributed by atoms with E-state index in [0.717, 1.165) is 59.4 Å². The van der Waals surface area contributed by atoms with Crippen molar-refractivity contribution in [1.29, 1.82) is 5.26 Å². The number of hydrogen-bond donors (Lipinski definition) is 0. The van der Waals surface area contributed by atoms with Crippen molar-refractivity contribution in [2.24, 2.45) is 7.05 Å². The minimum absolute atomic E-state index is 0. The summed E-state index contributed by atoms with van der Waals surface area (Å²) < 4.78 is 4.22. The van der Waals surface area contributed by atoms with Crippen LogP contribution in [0.3, 0.4) is 0 Å². The molecule has 0 unspecified atom stereocenters. The third kappa shape index (κ3) is 3.46. The van der Waals surface area contributed by atoms with Gasteiger partial charge in [0.15, 0.2) is 5.52 Å². The molecule has 0 amide bonds. The number of pyridine rings is 1. The van der Waals surface area contributed by atoms with Gasteiger partial charge in [-0.2, -0.15) is 9.83 Å². The second-order valence-electron chi connectivity index (χ2n) is 7.96. The third-order valence-electron chi connectivity index (χ3n) is 6.18. The maximum atomic E-state index is 11.2. The second-order valence-corrected chi connectivity index (χ2v) is 7.96. The molecule has 4 aromatic rings. The van der Waals surface area contributed by atoms with Crippen molar-refractivity contribution >= 4 is 33.4 Å². The average molecular weight is 539 g/mol. The van der Waals surface area contributed by atoms with Crippen molar-refractivity contribution in [2.75, 3.05) is 18.0 Å². The average Bonchev–Trinajstić information content (AvgIpc) is 3.10. The van der Waals surface area contributed by atoms with Crippen LogP contribution in [0, 0.1) is 21.4 Å². The summed E-state index contributed by atoms with van der Waals surface area (Å²) in [5.74, 6) is 0.861. The first-order chi connectivity index (χ1) is 15.1. The molecule has 3 heterocycles. The molecule has 0 saturated carbocycles. The van der Waals surface area contributed by atoms with Crippen LogP contribution in [0.5, 0.6) is 0 Å². The largest absolute Gasteiger partial charge is 1.00 e. The Labute approximate surface area is 202 Å². The molecule has 0 bridgehead atoms. The van der Waals surface area contributed by atoms with Gasteiger partial charge < -0.3 is 28.5 Å². The zero-order valence-electron chi connectivity index (χ0n) is 17.7. The molecule has 0 aliphatic carbocycles. The van der Waals surface area contributed by atoms with E-state index in [9.17, 15) is 15.4 Å². The molecule has 5 rings (SSSR count). The summed E-state index contributed by atoms with van der Waals surface area (Å²) in [5, 5.41) is 22.4. The minimum atomic E-state index is -0.390. The molecule has 7 nitrogen and oxygen atoms in total. The van der Waals surface area contributed by atoms with Gasteiger partial charge in [-0.25, -0.2) is 0 Å². The van der Waals surface area contributed by atoms with Crippen LogP contribution in [0.1, 0.15) is 24.8 Å². The molecule has 0 radical (unpaired) electrons. The number of nitriles is 1. The predicted molar refractivity (Wildman–Crippen MR) is 119 cm³/mol. The van der Waals surface area contributed by atoms with E-state index in [1.54, 1.807) is 12.1 Å². The summed E-state index contributed by atoms with van der Waals surface area (Å²) in [5.41, 5.74) is 4.51. The molecule has 1 aliphatic heterocycles. The van der Waals surface area contributed by atoms with Gasteiger partial charge in [0.25, 0.3) is 5.69 Å². The Morgan fingerprint density at radius 3 is 2.38 bits per heavy atom. The first-order valence-corrected chi connectivity index (χ1v) is 10.5. The summed E-state index contributed by atoms with van der Waals surface area (Å²) in [6, 6.07) is 19.2. The molecule has 1 aliphatic rings. The SMILES string of the molecule is Cn1c2ccccc2c2c1cc(C#N)c(N1CCCCC1)[n+]2-c1ccc([N+](=O)[O-])cc1.[I-]. The lowest BCUT2D eigenvalue weighted by atomic mass is 10.1. The number of benzene rings is 2. The number of rotatable bonds is 3. The van der Waals surface area contributed by atoms with Crippen molar-refractivity contribution in [3.05, 3.63) is 70.3 Å². The summed E-state index contributed by atoms with van der Waals surface area (Å²) in [6.45, 7) is 1.77. The molecule has 0 N–H and O–H groups in total. The van der Waals surface area contributed by atoms with E-state index in [1.165, 1.54) is 18.6 Å². The quantitative estimate of drug-likeness (QED) is 0.171. The molecular weight excluding hydrogens is 517 g/mol. The molecule has 0 atom stereocenters. The number of halogens is 1. The predicted octanol–water partition coefficient (Wildman–Crippen LogP) is 1.38. The lowest BCUT2D eigenvalue weighted by Gasteiger charge is -2.24. The number of para-hydroxylation sites is 1. The number of anilines is 1. The number of non-ortho nitro benzene ring substituents is 1. The zero-order chi connectivity index (χ0) is 21.5. The Balaban J connectivity index is 0.00000245. The van der Waals surface area contributed by atoms with Crippen molar-refractivity contribution < 1.29 is 33.5 Å². The number of fused-ring (bicyclic) bond motifs is 3. The van der Waals surface area contributed by atoms with Crippen molar-refractivity contribution in [2.45, 2.75) is 19.3 Å². The molecule has 2 aromatic heterocycles. The highest BCUT2D eigenvalue weighted by Crippen LogP contribution is 2.32. The lowest BCUT2D eigenvalue weighted by Crippen LogP contribution is -3.00. The first kappa shape index (κ1) is 22.0. The number of nitrogens with zero attached hydrogens (tertiary/aromatic N) is 5.